The number of alkyl halides is 2. The van der Waals surface area contributed by atoms with E-state index in [2.05, 4.69) is 4.98 Å². The molecule has 0 saturated carbocycles. The highest BCUT2D eigenvalue weighted by Gasteiger charge is 2.39. The van der Waals surface area contributed by atoms with Crippen LogP contribution in [-0.4, -0.2) is 34.9 Å². The lowest BCUT2D eigenvalue weighted by Crippen LogP contribution is -2.51. The molecule has 128 valence electrons. The highest BCUT2D eigenvalue weighted by atomic mass is 19.3. The van der Waals surface area contributed by atoms with Gasteiger partial charge in [0.1, 0.15) is 12.4 Å². The van der Waals surface area contributed by atoms with Gasteiger partial charge in [0.25, 0.3) is 5.92 Å². The van der Waals surface area contributed by atoms with E-state index in [1.165, 1.54) is 0 Å². The topological polar surface area (TPSA) is 51.4 Å². The van der Waals surface area contributed by atoms with E-state index >= 15 is 0 Å². The molecular formula is C18H21F2N3O. The van der Waals surface area contributed by atoms with Gasteiger partial charge in [-0.15, -0.1) is 0 Å². The van der Waals surface area contributed by atoms with Gasteiger partial charge in [0, 0.05) is 49.1 Å². The number of ether oxygens (including phenoxy) is 1. The fraction of sp³-hybridized carbons (Fsp3) is 0.389. The SMILES string of the molecule is NC1CN(Cc2ccccc2OCc2cccnc2)CC(F)(F)C1. The van der Waals surface area contributed by atoms with Gasteiger partial charge in [-0.3, -0.25) is 9.88 Å². The molecule has 2 heterocycles. The number of aromatic nitrogens is 1. The lowest BCUT2D eigenvalue weighted by molar-refractivity contribution is -0.0727. The summed E-state index contributed by atoms with van der Waals surface area (Å²) < 4.78 is 33.3. The van der Waals surface area contributed by atoms with Crippen LogP contribution >= 0.6 is 0 Å². The van der Waals surface area contributed by atoms with E-state index in [1.807, 2.05) is 36.4 Å². The van der Waals surface area contributed by atoms with Crippen molar-refractivity contribution < 1.29 is 13.5 Å². The number of rotatable bonds is 5. The van der Waals surface area contributed by atoms with E-state index in [9.17, 15) is 8.78 Å². The molecule has 0 aliphatic carbocycles. The first-order valence-corrected chi connectivity index (χ1v) is 7.97. The van der Waals surface area contributed by atoms with E-state index in [4.69, 9.17) is 10.5 Å². The van der Waals surface area contributed by atoms with Crippen LogP contribution in [0.2, 0.25) is 0 Å². The molecule has 24 heavy (non-hydrogen) atoms. The molecule has 1 aromatic heterocycles. The summed E-state index contributed by atoms with van der Waals surface area (Å²) in [4.78, 5) is 5.75. The van der Waals surface area contributed by atoms with Gasteiger partial charge in [-0.25, -0.2) is 8.78 Å². The van der Waals surface area contributed by atoms with Gasteiger partial charge in [0.2, 0.25) is 0 Å². The zero-order chi connectivity index (χ0) is 17.0. The summed E-state index contributed by atoms with van der Waals surface area (Å²) in [6.07, 6.45) is 3.20. The summed E-state index contributed by atoms with van der Waals surface area (Å²) >= 11 is 0. The van der Waals surface area contributed by atoms with Crippen LogP contribution in [0.15, 0.2) is 48.8 Å². The maximum Gasteiger partial charge on any atom is 0.262 e. The lowest BCUT2D eigenvalue weighted by Gasteiger charge is -2.36. The molecule has 6 heteroatoms. The number of benzene rings is 1. The smallest absolute Gasteiger partial charge is 0.262 e. The summed E-state index contributed by atoms with van der Waals surface area (Å²) in [6, 6.07) is 10.8. The summed E-state index contributed by atoms with van der Waals surface area (Å²) in [7, 11) is 0. The Balaban J connectivity index is 1.68. The average molecular weight is 333 g/mol. The number of piperidine rings is 1. The molecule has 1 aliphatic rings. The fourth-order valence-corrected chi connectivity index (χ4v) is 3.02. The second-order valence-corrected chi connectivity index (χ2v) is 6.25. The third kappa shape index (κ3) is 4.49. The van der Waals surface area contributed by atoms with Crippen molar-refractivity contribution in [3.63, 3.8) is 0 Å². The predicted molar refractivity (Wildman–Crippen MR) is 87.8 cm³/mol. The van der Waals surface area contributed by atoms with Crippen LogP contribution < -0.4 is 10.5 Å². The van der Waals surface area contributed by atoms with E-state index in [0.717, 1.165) is 11.1 Å². The molecule has 1 atom stereocenters. The minimum absolute atomic E-state index is 0.247. The first-order chi connectivity index (χ1) is 11.5. The van der Waals surface area contributed by atoms with Crippen LogP contribution in [0.1, 0.15) is 17.5 Å². The molecule has 1 fully saturated rings. The van der Waals surface area contributed by atoms with Crippen molar-refractivity contribution in [3.05, 3.63) is 59.9 Å². The van der Waals surface area contributed by atoms with E-state index in [1.54, 1.807) is 17.3 Å². The molecule has 1 aliphatic heterocycles. The minimum Gasteiger partial charge on any atom is -0.489 e. The Kier molecular flexibility index (Phi) is 5.06. The molecule has 1 saturated heterocycles. The Morgan fingerprint density at radius 3 is 2.83 bits per heavy atom. The largest absolute Gasteiger partial charge is 0.489 e. The Labute approximate surface area is 140 Å². The third-order valence-electron chi connectivity index (χ3n) is 3.99. The van der Waals surface area contributed by atoms with E-state index in [-0.39, 0.29) is 13.0 Å². The standard InChI is InChI=1S/C18H21F2N3O/c19-18(20)8-16(21)11-23(13-18)10-15-5-1-2-6-17(15)24-12-14-4-3-7-22-9-14/h1-7,9,16H,8,10-13,21H2. The maximum absolute atomic E-state index is 13.7. The summed E-state index contributed by atoms with van der Waals surface area (Å²) in [5.41, 5.74) is 7.61. The lowest BCUT2D eigenvalue weighted by atomic mass is 10.0. The number of para-hydroxylation sites is 1. The molecule has 0 amide bonds. The number of nitrogens with two attached hydrogens (primary N) is 1. The Bertz CT molecular complexity index is 666. The first-order valence-electron chi connectivity index (χ1n) is 7.97. The molecule has 1 aromatic carbocycles. The molecule has 4 nitrogen and oxygen atoms in total. The normalized spacial score (nSPS) is 20.7. The van der Waals surface area contributed by atoms with Gasteiger partial charge >= 0.3 is 0 Å². The predicted octanol–water partition coefficient (Wildman–Crippen LogP) is 2.83. The monoisotopic (exact) mass is 333 g/mol. The number of nitrogens with zero attached hydrogens (tertiary/aromatic N) is 2. The number of likely N-dealkylation sites (tertiary alicyclic amines) is 1. The summed E-state index contributed by atoms with van der Waals surface area (Å²) in [5.74, 6) is -2.03. The van der Waals surface area contributed by atoms with Crippen molar-refractivity contribution in [2.75, 3.05) is 13.1 Å². The fourth-order valence-electron chi connectivity index (χ4n) is 3.02. The van der Waals surface area contributed by atoms with Gasteiger partial charge in [-0.1, -0.05) is 24.3 Å². The van der Waals surface area contributed by atoms with Crippen molar-refractivity contribution in [3.8, 4) is 5.75 Å². The van der Waals surface area contributed by atoms with Crippen molar-refractivity contribution in [2.24, 2.45) is 5.73 Å². The molecule has 2 aromatic rings. The first kappa shape index (κ1) is 16.8. The molecule has 2 N–H and O–H groups in total. The van der Waals surface area contributed by atoms with Gasteiger partial charge in [-0.2, -0.15) is 0 Å². The second-order valence-electron chi connectivity index (χ2n) is 6.25. The molecular weight excluding hydrogens is 312 g/mol. The number of hydrogen-bond donors (Lipinski definition) is 1. The zero-order valence-electron chi connectivity index (χ0n) is 13.4. The maximum atomic E-state index is 13.7. The van der Waals surface area contributed by atoms with Crippen LogP contribution in [0.4, 0.5) is 8.78 Å². The van der Waals surface area contributed by atoms with Crippen LogP contribution in [0.3, 0.4) is 0 Å². The van der Waals surface area contributed by atoms with Crippen LogP contribution in [-0.2, 0) is 13.2 Å². The Morgan fingerprint density at radius 1 is 1.25 bits per heavy atom. The Morgan fingerprint density at radius 2 is 2.08 bits per heavy atom. The highest BCUT2D eigenvalue weighted by Crippen LogP contribution is 2.29. The Hall–Kier alpha value is -2.05. The second kappa shape index (κ2) is 7.23. The number of hydrogen-bond acceptors (Lipinski definition) is 4. The zero-order valence-corrected chi connectivity index (χ0v) is 13.4. The van der Waals surface area contributed by atoms with Gasteiger partial charge in [0.05, 0.1) is 6.54 Å². The van der Waals surface area contributed by atoms with Crippen LogP contribution in [0.5, 0.6) is 5.75 Å². The van der Waals surface area contributed by atoms with E-state index in [0.29, 0.717) is 25.4 Å². The van der Waals surface area contributed by atoms with Gasteiger partial charge in [-0.05, 0) is 12.1 Å². The number of pyridine rings is 1. The molecule has 0 bridgehead atoms. The van der Waals surface area contributed by atoms with Crippen molar-refractivity contribution in [1.82, 2.24) is 9.88 Å². The minimum atomic E-state index is -2.73. The van der Waals surface area contributed by atoms with Crippen molar-refractivity contribution >= 4 is 0 Å². The summed E-state index contributed by atoms with van der Waals surface area (Å²) in [6.45, 7) is 0.983. The van der Waals surface area contributed by atoms with Gasteiger partial charge < -0.3 is 10.5 Å². The van der Waals surface area contributed by atoms with Crippen LogP contribution in [0, 0.1) is 0 Å². The summed E-state index contributed by atoms with van der Waals surface area (Å²) in [5, 5.41) is 0. The number of halogens is 2. The molecule has 1 unspecified atom stereocenters. The molecule has 3 rings (SSSR count). The van der Waals surface area contributed by atoms with Crippen molar-refractivity contribution in [2.45, 2.75) is 31.5 Å². The molecule has 0 spiro atoms. The van der Waals surface area contributed by atoms with Crippen LogP contribution in [0.25, 0.3) is 0 Å². The average Bonchev–Trinajstić information content (AvgIpc) is 2.53. The third-order valence-corrected chi connectivity index (χ3v) is 3.99. The highest BCUT2D eigenvalue weighted by molar-refractivity contribution is 5.33. The van der Waals surface area contributed by atoms with Crippen molar-refractivity contribution in [1.29, 1.82) is 0 Å². The van der Waals surface area contributed by atoms with E-state index < -0.39 is 12.0 Å². The quantitative estimate of drug-likeness (QED) is 0.914. The molecule has 0 radical (unpaired) electrons. The van der Waals surface area contributed by atoms with Gasteiger partial charge in [0.15, 0.2) is 0 Å².